The molecule has 0 radical (unpaired) electrons. The third-order valence-electron chi connectivity index (χ3n) is 2.76. The molecule has 0 saturated heterocycles. The van der Waals surface area contributed by atoms with Crippen LogP contribution in [0.15, 0.2) is 12.4 Å². The number of carboxylic acid groups (broad SMARTS) is 1. The molecule has 0 saturated carbocycles. The summed E-state index contributed by atoms with van der Waals surface area (Å²) < 4.78 is 1.57. The van der Waals surface area contributed by atoms with Gasteiger partial charge < -0.3 is 15.3 Å². The third kappa shape index (κ3) is 3.19. The second kappa shape index (κ2) is 5.48. The summed E-state index contributed by atoms with van der Waals surface area (Å²) in [6.07, 6.45) is 3.22. The summed E-state index contributed by atoms with van der Waals surface area (Å²) in [5.74, 6) is -1.06. The Hall–Kier alpha value is -2.12. The van der Waals surface area contributed by atoms with Crippen LogP contribution >= 0.6 is 0 Å². The van der Waals surface area contributed by atoms with Gasteiger partial charge in [0.15, 0.2) is 0 Å². The molecule has 0 aliphatic rings. The lowest BCUT2D eigenvalue weighted by Gasteiger charge is -2.31. The van der Waals surface area contributed by atoms with Crippen LogP contribution in [0.5, 0.6) is 0 Å². The number of carbonyl (C=O) groups excluding carboxylic acids is 1. The molecule has 0 atom stereocenters. The SMILES string of the molecule is CN(C(=O)NCCn1ccnn1)C(C)(C)C(=O)O. The van der Waals surface area contributed by atoms with Crippen LogP contribution in [-0.4, -0.2) is 56.1 Å². The average Bonchev–Trinajstić information content (AvgIpc) is 2.80. The van der Waals surface area contributed by atoms with Crippen molar-refractivity contribution < 1.29 is 14.7 Å². The van der Waals surface area contributed by atoms with Crippen molar-refractivity contribution in [1.82, 2.24) is 25.2 Å². The topological polar surface area (TPSA) is 100 Å². The molecule has 1 aromatic rings. The fourth-order valence-electron chi connectivity index (χ4n) is 1.15. The summed E-state index contributed by atoms with van der Waals surface area (Å²) >= 11 is 0. The molecule has 0 fully saturated rings. The number of hydrogen-bond acceptors (Lipinski definition) is 4. The van der Waals surface area contributed by atoms with Crippen LogP contribution in [0.1, 0.15) is 13.8 Å². The van der Waals surface area contributed by atoms with Gasteiger partial charge in [-0.2, -0.15) is 0 Å². The van der Waals surface area contributed by atoms with Crippen LogP contribution in [0.2, 0.25) is 0 Å². The number of carboxylic acids is 1. The Morgan fingerprint density at radius 3 is 2.67 bits per heavy atom. The van der Waals surface area contributed by atoms with Crippen molar-refractivity contribution in [2.45, 2.75) is 25.9 Å². The van der Waals surface area contributed by atoms with E-state index in [-0.39, 0.29) is 0 Å². The van der Waals surface area contributed by atoms with Crippen molar-refractivity contribution in [1.29, 1.82) is 0 Å². The first-order valence-electron chi connectivity index (χ1n) is 5.45. The zero-order valence-corrected chi connectivity index (χ0v) is 10.6. The monoisotopic (exact) mass is 255 g/mol. The Morgan fingerprint density at radius 2 is 2.17 bits per heavy atom. The molecule has 1 heterocycles. The zero-order chi connectivity index (χ0) is 13.8. The standard InChI is InChI=1S/C10H17N5O3/c1-10(2,8(16)17)14(3)9(18)11-4-6-15-7-5-12-13-15/h5,7H,4,6H2,1-3H3,(H,11,18)(H,16,17). The quantitative estimate of drug-likeness (QED) is 0.757. The van der Waals surface area contributed by atoms with Crippen molar-refractivity contribution >= 4 is 12.0 Å². The van der Waals surface area contributed by atoms with E-state index in [4.69, 9.17) is 5.11 Å². The van der Waals surface area contributed by atoms with Crippen LogP contribution in [0.3, 0.4) is 0 Å². The summed E-state index contributed by atoms with van der Waals surface area (Å²) in [4.78, 5) is 23.9. The van der Waals surface area contributed by atoms with E-state index in [1.54, 1.807) is 17.1 Å². The fraction of sp³-hybridized carbons (Fsp3) is 0.600. The highest BCUT2D eigenvalue weighted by Gasteiger charge is 2.34. The Labute approximate surface area is 105 Å². The molecular weight excluding hydrogens is 238 g/mol. The highest BCUT2D eigenvalue weighted by Crippen LogP contribution is 2.12. The lowest BCUT2D eigenvalue weighted by molar-refractivity contribution is -0.146. The van der Waals surface area contributed by atoms with E-state index in [0.29, 0.717) is 13.1 Å². The van der Waals surface area contributed by atoms with E-state index in [2.05, 4.69) is 15.6 Å². The van der Waals surface area contributed by atoms with Crippen molar-refractivity contribution in [3.05, 3.63) is 12.4 Å². The average molecular weight is 255 g/mol. The first-order valence-corrected chi connectivity index (χ1v) is 5.45. The Bertz CT molecular complexity index is 415. The highest BCUT2D eigenvalue weighted by atomic mass is 16.4. The number of nitrogens with one attached hydrogen (secondary N) is 1. The second-order valence-electron chi connectivity index (χ2n) is 4.32. The van der Waals surface area contributed by atoms with Crippen LogP contribution in [0, 0.1) is 0 Å². The normalized spacial score (nSPS) is 11.1. The lowest BCUT2D eigenvalue weighted by Crippen LogP contribution is -2.54. The predicted molar refractivity (Wildman–Crippen MR) is 62.9 cm³/mol. The molecule has 0 aliphatic carbocycles. The van der Waals surface area contributed by atoms with E-state index in [1.165, 1.54) is 20.9 Å². The molecular formula is C10H17N5O3. The number of amides is 2. The number of carbonyl (C=O) groups is 2. The van der Waals surface area contributed by atoms with Gasteiger partial charge in [0.25, 0.3) is 0 Å². The number of nitrogens with zero attached hydrogens (tertiary/aromatic N) is 4. The fourth-order valence-corrected chi connectivity index (χ4v) is 1.15. The number of likely N-dealkylation sites (N-methyl/N-ethyl adjacent to an activating group) is 1. The van der Waals surface area contributed by atoms with Crippen LogP contribution < -0.4 is 5.32 Å². The van der Waals surface area contributed by atoms with Gasteiger partial charge in [-0.05, 0) is 13.8 Å². The number of urea groups is 1. The molecule has 18 heavy (non-hydrogen) atoms. The zero-order valence-electron chi connectivity index (χ0n) is 10.6. The third-order valence-corrected chi connectivity index (χ3v) is 2.76. The van der Waals surface area contributed by atoms with E-state index < -0.39 is 17.5 Å². The highest BCUT2D eigenvalue weighted by molar-refractivity contribution is 5.85. The van der Waals surface area contributed by atoms with Crippen LogP contribution in [-0.2, 0) is 11.3 Å². The van der Waals surface area contributed by atoms with Crippen molar-refractivity contribution in [2.24, 2.45) is 0 Å². The molecule has 0 bridgehead atoms. The molecule has 8 nitrogen and oxygen atoms in total. The lowest BCUT2D eigenvalue weighted by atomic mass is 10.1. The Balaban J connectivity index is 2.43. The molecule has 1 aromatic heterocycles. The summed E-state index contributed by atoms with van der Waals surface area (Å²) in [6.45, 7) is 3.76. The summed E-state index contributed by atoms with van der Waals surface area (Å²) in [6, 6.07) is -0.442. The van der Waals surface area contributed by atoms with Gasteiger partial charge in [-0.25, -0.2) is 9.59 Å². The largest absolute Gasteiger partial charge is 0.480 e. The minimum atomic E-state index is -1.25. The molecule has 0 aromatic carbocycles. The molecule has 2 amide bonds. The van der Waals surface area contributed by atoms with Gasteiger partial charge in [-0.15, -0.1) is 5.10 Å². The van der Waals surface area contributed by atoms with Crippen molar-refractivity contribution in [3.63, 3.8) is 0 Å². The Kier molecular flexibility index (Phi) is 4.24. The number of aromatic nitrogens is 3. The molecule has 1 rings (SSSR count). The maximum absolute atomic E-state index is 11.7. The maximum Gasteiger partial charge on any atom is 0.329 e. The molecule has 100 valence electrons. The molecule has 2 N–H and O–H groups in total. The number of hydrogen-bond donors (Lipinski definition) is 2. The van der Waals surface area contributed by atoms with Gasteiger partial charge in [0.1, 0.15) is 5.54 Å². The van der Waals surface area contributed by atoms with Gasteiger partial charge in [0.05, 0.1) is 12.7 Å². The van der Waals surface area contributed by atoms with Gasteiger partial charge in [-0.1, -0.05) is 5.21 Å². The number of aliphatic carboxylic acids is 1. The minimum absolute atomic E-state index is 0.349. The van der Waals surface area contributed by atoms with E-state index in [0.717, 1.165) is 4.90 Å². The molecule has 0 spiro atoms. The van der Waals surface area contributed by atoms with Gasteiger partial charge >= 0.3 is 12.0 Å². The molecule has 0 aliphatic heterocycles. The van der Waals surface area contributed by atoms with Gasteiger partial charge in [-0.3, -0.25) is 4.68 Å². The van der Waals surface area contributed by atoms with Crippen LogP contribution in [0.25, 0.3) is 0 Å². The molecule has 8 heteroatoms. The first-order chi connectivity index (χ1) is 8.35. The van der Waals surface area contributed by atoms with Crippen molar-refractivity contribution in [2.75, 3.05) is 13.6 Å². The van der Waals surface area contributed by atoms with E-state index in [1.807, 2.05) is 0 Å². The predicted octanol–water partition coefficient (Wildman–Crippen LogP) is -0.217. The first kappa shape index (κ1) is 13.9. The second-order valence-corrected chi connectivity index (χ2v) is 4.32. The van der Waals surface area contributed by atoms with E-state index >= 15 is 0 Å². The van der Waals surface area contributed by atoms with E-state index in [9.17, 15) is 9.59 Å². The van der Waals surface area contributed by atoms with Gasteiger partial charge in [0.2, 0.25) is 0 Å². The summed E-state index contributed by atoms with van der Waals surface area (Å²) in [5.41, 5.74) is -1.25. The smallest absolute Gasteiger partial charge is 0.329 e. The van der Waals surface area contributed by atoms with Gasteiger partial charge in [0, 0.05) is 19.8 Å². The molecule has 0 unspecified atom stereocenters. The van der Waals surface area contributed by atoms with Crippen molar-refractivity contribution in [3.8, 4) is 0 Å². The minimum Gasteiger partial charge on any atom is -0.480 e. The number of rotatable bonds is 5. The Morgan fingerprint density at radius 1 is 1.50 bits per heavy atom. The van der Waals surface area contributed by atoms with Crippen LogP contribution in [0.4, 0.5) is 4.79 Å². The summed E-state index contributed by atoms with van der Waals surface area (Å²) in [7, 11) is 1.44. The summed E-state index contributed by atoms with van der Waals surface area (Å²) in [5, 5.41) is 19.0. The maximum atomic E-state index is 11.7.